The molecule has 0 aliphatic heterocycles. The fourth-order valence-electron chi connectivity index (χ4n) is 2.05. The number of benzene rings is 2. The number of carbonyl (C=O) groups is 1. The fraction of sp³-hybridized carbons (Fsp3) is 0. The van der Waals surface area contributed by atoms with Crippen molar-refractivity contribution in [2.45, 2.75) is 0 Å². The quantitative estimate of drug-likeness (QED) is 0.691. The molecule has 0 aliphatic rings. The molecule has 3 aromatic rings. The highest BCUT2D eigenvalue weighted by Gasteiger charge is 2.14. The van der Waals surface area contributed by atoms with Crippen LogP contribution < -0.4 is 11.1 Å². The topological polar surface area (TPSA) is 68.3 Å². The second-order valence-electron chi connectivity index (χ2n) is 4.86. The number of hydrogen-bond acceptors (Lipinski definition) is 3. The molecule has 0 bridgehead atoms. The monoisotopic (exact) mass is 330 g/mol. The van der Waals surface area contributed by atoms with Crippen LogP contribution in [0.25, 0.3) is 11.3 Å². The summed E-state index contributed by atoms with van der Waals surface area (Å²) in [5.41, 5.74) is 6.71. The first-order valence-corrected chi connectivity index (χ1v) is 7.13. The summed E-state index contributed by atoms with van der Waals surface area (Å²) in [6, 6.07) is 14.1. The number of carbonyl (C=O) groups excluding carboxylic acids is 1. The molecule has 4 nitrogen and oxygen atoms in total. The first kappa shape index (κ1) is 15.1. The normalized spacial score (nSPS) is 10.5. The minimum absolute atomic E-state index is 0.000516. The predicted octanol–water partition coefficient (Wildman–Crippen LogP) is 4.57. The van der Waals surface area contributed by atoms with Crippen molar-refractivity contribution in [3.05, 3.63) is 71.2 Å². The third kappa shape index (κ3) is 3.35. The van der Waals surface area contributed by atoms with E-state index in [-0.39, 0.29) is 11.4 Å². The number of hydrogen-bond donors (Lipinski definition) is 2. The lowest BCUT2D eigenvalue weighted by Crippen LogP contribution is -2.12. The molecule has 0 aliphatic carbocycles. The van der Waals surface area contributed by atoms with Gasteiger partial charge in [-0.25, -0.2) is 4.39 Å². The maximum atomic E-state index is 13.6. The molecule has 0 saturated heterocycles. The molecule has 0 saturated carbocycles. The lowest BCUT2D eigenvalue weighted by molar-refractivity contribution is 0.0997. The highest BCUT2D eigenvalue weighted by Crippen LogP contribution is 2.25. The molecule has 2 aromatic carbocycles. The van der Waals surface area contributed by atoms with Crippen LogP contribution in [0.4, 0.5) is 15.8 Å². The average molecular weight is 331 g/mol. The van der Waals surface area contributed by atoms with Gasteiger partial charge in [-0.1, -0.05) is 11.6 Å². The van der Waals surface area contributed by atoms with Gasteiger partial charge in [-0.3, -0.25) is 4.79 Å². The standard InChI is InChI=1S/C17H12ClFN2O2/c18-11-3-1-10(2-4-11)15-7-8-16(23-15)17(22)21-14-9-12(20)5-6-13(14)19/h1-9H,20H2,(H,21,22). The summed E-state index contributed by atoms with van der Waals surface area (Å²) < 4.78 is 19.1. The minimum Gasteiger partial charge on any atom is -0.451 e. The van der Waals surface area contributed by atoms with Crippen molar-refractivity contribution in [3.63, 3.8) is 0 Å². The number of nitrogens with two attached hydrogens (primary N) is 1. The second kappa shape index (κ2) is 6.14. The van der Waals surface area contributed by atoms with Crippen LogP contribution in [-0.2, 0) is 0 Å². The SMILES string of the molecule is Nc1ccc(F)c(NC(=O)c2ccc(-c3ccc(Cl)cc3)o2)c1. The Kier molecular flexibility index (Phi) is 4.04. The highest BCUT2D eigenvalue weighted by atomic mass is 35.5. The Morgan fingerprint density at radius 2 is 1.83 bits per heavy atom. The molecule has 0 fully saturated rings. The molecule has 0 unspecified atom stereocenters. The summed E-state index contributed by atoms with van der Waals surface area (Å²) in [6.07, 6.45) is 0. The van der Waals surface area contributed by atoms with Crippen LogP contribution in [0.3, 0.4) is 0 Å². The molecule has 116 valence electrons. The number of nitrogen functional groups attached to an aromatic ring is 1. The summed E-state index contributed by atoms with van der Waals surface area (Å²) in [5.74, 6) is -0.552. The first-order chi connectivity index (χ1) is 11.0. The molecule has 1 heterocycles. The average Bonchev–Trinajstić information content (AvgIpc) is 3.02. The predicted molar refractivity (Wildman–Crippen MR) is 87.9 cm³/mol. The van der Waals surface area contributed by atoms with Crippen LogP contribution in [0.2, 0.25) is 5.02 Å². The van der Waals surface area contributed by atoms with Crippen LogP contribution >= 0.6 is 11.6 Å². The van der Waals surface area contributed by atoms with Crippen molar-refractivity contribution >= 4 is 28.9 Å². The Morgan fingerprint density at radius 3 is 2.57 bits per heavy atom. The van der Waals surface area contributed by atoms with E-state index in [1.807, 2.05) is 0 Å². The van der Waals surface area contributed by atoms with Gasteiger partial charge in [0, 0.05) is 16.3 Å². The molecular weight excluding hydrogens is 319 g/mol. The summed E-state index contributed by atoms with van der Waals surface area (Å²) >= 11 is 5.83. The molecule has 3 N–H and O–H groups in total. The number of nitrogens with one attached hydrogen (secondary N) is 1. The smallest absolute Gasteiger partial charge is 0.291 e. The summed E-state index contributed by atoms with van der Waals surface area (Å²) in [6.45, 7) is 0. The lowest BCUT2D eigenvalue weighted by atomic mass is 10.2. The second-order valence-corrected chi connectivity index (χ2v) is 5.30. The Morgan fingerprint density at radius 1 is 1.09 bits per heavy atom. The zero-order chi connectivity index (χ0) is 16.4. The molecule has 6 heteroatoms. The number of furan rings is 1. The van der Waals surface area contributed by atoms with Gasteiger partial charge in [0.15, 0.2) is 5.76 Å². The van der Waals surface area contributed by atoms with Crippen molar-refractivity contribution < 1.29 is 13.6 Å². The molecule has 23 heavy (non-hydrogen) atoms. The Labute approximate surface area is 136 Å². The maximum absolute atomic E-state index is 13.6. The van der Waals surface area contributed by atoms with E-state index in [9.17, 15) is 9.18 Å². The maximum Gasteiger partial charge on any atom is 0.291 e. The van der Waals surface area contributed by atoms with Gasteiger partial charge < -0.3 is 15.5 Å². The Hall–Kier alpha value is -2.79. The summed E-state index contributed by atoms with van der Waals surface area (Å²) in [7, 11) is 0. The molecule has 3 rings (SSSR count). The molecule has 1 amide bonds. The van der Waals surface area contributed by atoms with Gasteiger partial charge in [-0.15, -0.1) is 0 Å². The molecule has 0 radical (unpaired) electrons. The van der Waals surface area contributed by atoms with Crippen molar-refractivity contribution in [1.29, 1.82) is 0 Å². The van der Waals surface area contributed by atoms with Crippen LogP contribution in [0.5, 0.6) is 0 Å². The number of rotatable bonds is 3. The van der Waals surface area contributed by atoms with Crippen molar-refractivity contribution in [1.82, 2.24) is 0 Å². The molecule has 1 aromatic heterocycles. The van der Waals surface area contributed by atoms with Gasteiger partial charge >= 0.3 is 0 Å². The van der Waals surface area contributed by atoms with Crippen molar-refractivity contribution in [3.8, 4) is 11.3 Å². The third-order valence-electron chi connectivity index (χ3n) is 3.20. The zero-order valence-corrected chi connectivity index (χ0v) is 12.6. The lowest BCUT2D eigenvalue weighted by Gasteiger charge is -2.05. The van der Waals surface area contributed by atoms with Gasteiger partial charge in [0.25, 0.3) is 5.91 Å². The van der Waals surface area contributed by atoms with E-state index in [0.717, 1.165) is 5.56 Å². The molecular formula is C17H12ClFN2O2. The fourth-order valence-corrected chi connectivity index (χ4v) is 2.18. The van der Waals surface area contributed by atoms with Crippen LogP contribution in [0.1, 0.15) is 10.6 Å². The summed E-state index contributed by atoms with van der Waals surface area (Å²) in [4.78, 5) is 12.1. The summed E-state index contributed by atoms with van der Waals surface area (Å²) in [5, 5.41) is 3.04. The van der Waals surface area contributed by atoms with Gasteiger partial charge in [0.2, 0.25) is 0 Å². The van der Waals surface area contributed by atoms with Gasteiger partial charge in [-0.05, 0) is 54.6 Å². The largest absolute Gasteiger partial charge is 0.451 e. The van der Waals surface area contributed by atoms with Crippen molar-refractivity contribution in [2.24, 2.45) is 0 Å². The van der Waals surface area contributed by atoms with Crippen LogP contribution in [0.15, 0.2) is 59.0 Å². The molecule has 0 atom stereocenters. The Balaban J connectivity index is 1.81. The van der Waals surface area contributed by atoms with E-state index in [0.29, 0.717) is 16.5 Å². The van der Waals surface area contributed by atoms with E-state index in [1.165, 1.54) is 24.3 Å². The number of anilines is 2. The van der Waals surface area contributed by atoms with Gasteiger partial charge in [0.05, 0.1) is 5.69 Å². The van der Waals surface area contributed by atoms with E-state index >= 15 is 0 Å². The zero-order valence-electron chi connectivity index (χ0n) is 11.8. The Bertz CT molecular complexity index is 859. The van der Waals surface area contributed by atoms with E-state index in [2.05, 4.69) is 5.32 Å². The first-order valence-electron chi connectivity index (χ1n) is 6.75. The minimum atomic E-state index is -0.572. The number of halogens is 2. The third-order valence-corrected chi connectivity index (χ3v) is 3.45. The van der Waals surface area contributed by atoms with E-state index in [1.54, 1.807) is 30.3 Å². The molecule has 0 spiro atoms. The van der Waals surface area contributed by atoms with E-state index < -0.39 is 11.7 Å². The highest BCUT2D eigenvalue weighted by molar-refractivity contribution is 6.30. The van der Waals surface area contributed by atoms with Crippen LogP contribution in [0, 0.1) is 5.82 Å². The van der Waals surface area contributed by atoms with Gasteiger partial charge in [0.1, 0.15) is 11.6 Å². The van der Waals surface area contributed by atoms with Crippen molar-refractivity contribution in [2.75, 3.05) is 11.1 Å². The van der Waals surface area contributed by atoms with E-state index in [4.69, 9.17) is 21.8 Å². The number of amides is 1. The van der Waals surface area contributed by atoms with Gasteiger partial charge in [-0.2, -0.15) is 0 Å². The van der Waals surface area contributed by atoms with Crippen LogP contribution in [-0.4, -0.2) is 5.91 Å².